The average Bonchev–Trinajstić information content (AvgIpc) is 2.47. The average molecular weight is 174 g/mol. The largest absolute Gasteiger partial charge is 0.253 e. The van der Waals surface area contributed by atoms with Crippen LogP contribution in [0, 0.1) is 0 Å². The van der Waals surface area contributed by atoms with Gasteiger partial charge in [0.05, 0.1) is 17.1 Å². The summed E-state index contributed by atoms with van der Waals surface area (Å²) in [7, 11) is 0. The zero-order valence-electron chi connectivity index (χ0n) is 8.33. The van der Waals surface area contributed by atoms with Gasteiger partial charge in [0.1, 0.15) is 0 Å². The van der Waals surface area contributed by atoms with E-state index < -0.39 is 0 Å². The van der Waals surface area contributed by atoms with E-state index in [1.54, 1.807) is 0 Å². The smallest absolute Gasteiger partial charge is 0.0845 e. The molecule has 2 nitrogen and oxygen atoms in total. The quantitative estimate of drug-likeness (QED) is 0.603. The third-order valence-corrected chi connectivity index (χ3v) is 2.23. The summed E-state index contributed by atoms with van der Waals surface area (Å²) in [5.74, 6) is 0. The Hall–Kier alpha value is -1.18. The summed E-state index contributed by atoms with van der Waals surface area (Å²) in [5.41, 5.74) is 3.33. The zero-order valence-corrected chi connectivity index (χ0v) is 8.33. The van der Waals surface area contributed by atoms with E-state index in [0.717, 1.165) is 23.5 Å². The molecule has 0 N–H and O–H groups in total. The molecular weight excluding hydrogens is 160 g/mol. The fraction of sp³-hybridized carbons (Fsp3) is 0.455. The highest BCUT2D eigenvalue weighted by molar-refractivity contribution is 5.53. The second-order valence-electron chi connectivity index (χ2n) is 4.44. The maximum atomic E-state index is 4.60. The molecule has 1 aromatic heterocycles. The van der Waals surface area contributed by atoms with Crippen molar-refractivity contribution in [1.29, 1.82) is 0 Å². The van der Waals surface area contributed by atoms with Crippen molar-refractivity contribution < 1.29 is 0 Å². The van der Waals surface area contributed by atoms with Crippen LogP contribution in [0.5, 0.6) is 0 Å². The highest BCUT2D eigenvalue weighted by Gasteiger charge is 2.18. The zero-order chi connectivity index (χ0) is 9.47. The second-order valence-corrected chi connectivity index (χ2v) is 4.44. The van der Waals surface area contributed by atoms with Gasteiger partial charge in [-0.2, -0.15) is 0 Å². The molecule has 13 heavy (non-hydrogen) atoms. The van der Waals surface area contributed by atoms with Crippen molar-refractivity contribution in [2.75, 3.05) is 0 Å². The Bertz CT molecular complexity index is 359. The number of rotatable bonds is 0. The van der Waals surface area contributed by atoms with Crippen molar-refractivity contribution in [2.45, 2.75) is 32.6 Å². The first kappa shape index (κ1) is 8.42. The summed E-state index contributed by atoms with van der Waals surface area (Å²) < 4.78 is 0. The SMILES string of the molecule is CC(C)(C)c1cnc2c(n1)CC=C2. The molecule has 2 heteroatoms. The van der Waals surface area contributed by atoms with Crippen LogP contribution >= 0.6 is 0 Å². The monoisotopic (exact) mass is 174 g/mol. The minimum atomic E-state index is 0.102. The molecule has 0 saturated carbocycles. The van der Waals surface area contributed by atoms with Crippen LogP contribution in [-0.2, 0) is 11.8 Å². The molecular formula is C11H14N2. The van der Waals surface area contributed by atoms with Gasteiger partial charge in [-0.3, -0.25) is 9.97 Å². The first-order chi connectivity index (χ1) is 6.07. The van der Waals surface area contributed by atoms with Crippen LogP contribution in [0.15, 0.2) is 12.3 Å². The molecule has 0 bridgehead atoms. The van der Waals surface area contributed by atoms with Crippen molar-refractivity contribution in [3.63, 3.8) is 0 Å². The maximum absolute atomic E-state index is 4.60. The number of fused-ring (bicyclic) bond motifs is 1. The van der Waals surface area contributed by atoms with E-state index in [4.69, 9.17) is 0 Å². The van der Waals surface area contributed by atoms with E-state index in [1.807, 2.05) is 12.3 Å². The molecule has 1 aromatic rings. The molecule has 0 unspecified atom stereocenters. The van der Waals surface area contributed by atoms with Crippen LogP contribution in [-0.4, -0.2) is 9.97 Å². The normalized spacial score (nSPS) is 14.7. The lowest BCUT2D eigenvalue weighted by Crippen LogP contribution is -2.15. The van der Waals surface area contributed by atoms with Crippen molar-refractivity contribution in [1.82, 2.24) is 9.97 Å². The molecule has 0 spiro atoms. The molecule has 0 aliphatic heterocycles. The second kappa shape index (κ2) is 2.66. The molecule has 68 valence electrons. The van der Waals surface area contributed by atoms with Gasteiger partial charge in [0, 0.05) is 18.0 Å². The van der Waals surface area contributed by atoms with E-state index in [1.165, 1.54) is 0 Å². The lowest BCUT2D eigenvalue weighted by atomic mass is 9.92. The van der Waals surface area contributed by atoms with Gasteiger partial charge in [-0.15, -0.1) is 0 Å². The molecule has 0 radical (unpaired) electrons. The summed E-state index contributed by atoms with van der Waals surface area (Å²) in [4.78, 5) is 8.98. The fourth-order valence-electron chi connectivity index (χ4n) is 1.37. The number of aromatic nitrogens is 2. The topological polar surface area (TPSA) is 25.8 Å². The third-order valence-electron chi connectivity index (χ3n) is 2.23. The van der Waals surface area contributed by atoms with Gasteiger partial charge in [0.25, 0.3) is 0 Å². The van der Waals surface area contributed by atoms with Crippen LogP contribution < -0.4 is 0 Å². The van der Waals surface area contributed by atoms with E-state index in [9.17, 15) is 0 Å². The Kier molecular flexibility index (Phi) is 1.72. The van der Waals surface area contributed by atoms with Crippen LogP contribution in [0.25, 0.3) is 6.08 Å². The summed E-state index contributed by atoms with van der Waals surface area (Å²) in [5, 5.41) is 0. The lowest BCUT2D eigenvalue weighted by molar-refractivity contribution is 0.562. The van der Waals surface area contributed by atoms with Crippen LogP contribution in [0.1, 0.15) is 37.9 Å². The third kappa shape index (κ3) is 1.48. The summed E-state index contributed by atoms with van der Waals surface area (Å²) in [6.45, 7) is 6.48. The minimum Gasteiger partial charge on any atom is -0.253 e. The fourth-order valence-corrected chi connectivity index (χ4v) is 1.37. The predicted molar refractivity (Wildman–Crippen MR) is 53.5 cm³/mol. The molecule has 0 fully saturated rings. The minimum absolute atomic E-state index is 0.102. The highest BCUT2D eigenvalue weighted by Crippen LogP contribution is 2.22. The summed E-state index contributed by atoms with van der Waals surface area (Å²) >= 11 is 0. The standard InChI is InChI=1S/C11H14N2/c1-11(2,3)10-7-12-8-5-4-6-9(8)13-10/h4-5,7H,6H2,1-3H3. The Morgan fingerprint density at radius 1 is 1.31 bits per heavy atom. The lowest BCUT2D eigenvalue weighted by Gasteiger charge is -2.17. The van der Waals surface area contributed by atoms with Gasteiger partial charge >= 0.3 is 0 Å². The first-order valence-corrected chi connectivity index (χ1v) is 4.60. The van der Waals surface area contributed by atoms with Gasteiger partial charge in [-0.1, -0.05) is 26.8 Å². The van der Waals surface area contributed by atoms with Gasteiger partial charge in [-0.05, 0) is 6.08 Å². The number of allylic oxidation sites excluding steroid dienone is 1. The Labute approximate surface area is 78.7 Å². The molecule has 0 atom stereocenters. The number of hydrogen-bond donors (Lipinski definition) is 0. The predicted octanol–water partition coefficient (Wildman–Crippen LogP) is 2.34. The summed E-state index contributed by atoms with van der Waals surface area (Å²) in [6, 6.07) is 0. The van der Waals surface area contributed by atoms with E-state index in [0.29, 0.717) is 0 Å². The molecule has 0 amide bonds. The number of hydrogen-bond acceptors (Lipinski definition) is 2. The van der Waals surface area contributed by atoms with Gasteiger partial charge in [0.2, 0.25) is 0 Å². The molecule has 1 heterocycles. The van der Waals surface area contributed by atoms with Crippen molar-refractivity contribution in [3.05, 3.63) is 29.4 Å². The molecule has 2 rings (SSSR count). The van der Waals surface area contributed by atoms with Crippen molar-refractivity contribution in [2.24, 2.45) is 0 Å². The van der Waals surface area contributed by atoms with Crippen molar-refractivity contribution >= 4 is 6.08 Å². The van der Waals surface area contributed by atoms with Crippen LogP contribution in [0.3, 0.4) is 0 Å². The van der Waals surface area contributed by atoms with Crippen LogP contribution in [0.4, 0.5) is 0 Å². The maximum Gasteiger partial charge on any atom is 0.0845 e. The Morgan fingerprint density at radius 2 is 2.08 bits per heavy atom. The molecule has 1 aliphatic rings. The number of nitrogens with zero attached hydrogens (tertiary/aromatic N) is 2. The van der Waals surface area contributed by atoms with E-state index in [-0.39, 0.29) is 5.41 Å². The first-order valence-electron chi connectivity index (χ1n) is 4.60. The molecule has 1 aliphatic carbocycles. The molecule has 0 saturated heterocycles. The Morgan fingerprint density at radius 3 is 2.77 bits per heavy atom. The van der Waals surface area contributed by atoms with Gasteiger partial charge in [-0.25, -0.2) is 0 Å². The van der Waals surface area contributed by atoms with E-state index >= 15 is 0 Å². The Balaban J connectivity index is 2.45. The van der Waals surface area contributed by atoms with Gasteiger partial charge < -0.3 is 0 Å². The van der Waals surface area contributed by atoms with E-state index in [2.05, 4.69) is 36.8 Å². The highest BCUT2D eigenvalue weighted by atomic mass is 14.8. The van der Waals surface area contributed by atoms with Crippen LogP contribution in [0.2, 0.25) is 0 Å². The molecule has 0 aromatic carbocycles. The van der Waals surface area contributed by atoms with Crippen molar-refractivity contribution in [3.8, 4) is 0 Å². The summed E-state index contributed by atoms with van der Waals surface area (Å²) in [6.07, 6.45) is 6.96. The van der Waals surface area contributed by atoms with Gasteiger partial charge in [0.15, 0.2) is 0 Å².